The maximum absolute atomic E-state index is 4.49. The molecule has 0 N–H and O–H groups in total. The van der Waals surface area contributed by atoms with Crippen molar-refractivity contribution in [1.29, 1.82) is 0 Å². The van der Waals surface area contributed by atoms with E-state index in [0.717, 1.165) is 11.3 Å². The number of para-hydroxylation sites is 1. The fourth-order valence-electron chi connectivity index (χ4n) is 2.72. The second kappa shape index (κ2) is 10.8. The molecule has 0 heterocycles. The summed E-state index contributed by atoms with van der Waals surface area (Å²) in [7, 11) is 0. The molecule has 0 aliphatic carbocycles. The van der Waals surface area contributed by atoms with Crippen LogP contribution < -0.4 is 0 Å². The van der Waals surface area contributed by atoms with Gasteiger partial charge in [0.1, 0.15) is 0 Å². The van der Waals surface area contributed by atoms with E-state index in [0.29, 0.717) is 0 Å². The SMILES string of the molecule is CCCCCCCCCc1ccc(C=Nc2ccccc2)cc1. The van der Waals surface area contributed by atoms with Crippen LogP contribution in [0.3, 0.4) is 0 Å². The van der Waals surface area contributed by atoms with Crippen molar-refractivity contribution in [2.45, 2.75) is 58.3 Å². The first-order valence-corrected chi connectivity index (χ1v) is 9.06. The third-order valence-corrected chi connectivity index (χ3v) is 4.17. The van der Waals surface area contributed by atoms with Gasteiger partial charge in [-0.05, 0) is 36.1 Å². The average molecular weight is 307 g/mol. The summed E-state index contributed by atoms with van der Waals surface area (Å²) in [5.41, 5.74) is 3.60. The van der Waals surface area contributed by atoms with Crippen molar-refractivity contribution in [3.63, 3.8) is 0 Å². The highest BCUT2D eigenvalue weighted by Crippen LogP contribution is 2.13. The van der Waals surface area contributed by atoms with Crippen molar-refractivity contribution in [1.82, 2.24) is 0 Å². The minimum Gasteiger partial charge on any atom is -0.256 e. The fourth-order valence-corrected chi connectivity index (χ4v) is 2.72. The molecule has 0 atom stereocenters. The lowest BCUT2D eigenvalue weighted by atomic mass is 10.0. The Labute approximate surface area is 141 Å². The molecule has 0 fully saturated rings. The zero-order chi connectivity index (χ0) is 16.2. The number of benzene rings is 2. The summed E-state index contributed by atoms with van der Waals surface area (Å²) in [6.45, 7) is 2.27. The van der Waals surface area contributed by atoms with E-state index < -0.39 is 0 Å². The Morgan fingerprint density at radius 1 is 0.739 bits per heavy atom. The van der Waals surface area contributed by atoms with Crippen molar-refractivity contribution >= 4 is 11.9 Å². The molecule has 2 aromatic carbocycles. The smallest absolute Gasteiger partial charge is 0.0629 e. The number of aliphatic imine (C=N–C) groups is 1. The molecule has 1 heteroatoms. The predicted octanol–water partition coefficient (Wildman–Crippen LogP) is 6.73. The molecule has 0 radical (unpaired) electrons. The Morgan fingerprint density at radius 3 is 2.09 bits per heavy atom. The predicted molar refractivity (Wildman–Crippen MR) is 102 cm³/mol. The highest BCUT2D eigenvalue weighted by molar-refractivity contribution is 5.81. The quantitative estimate of drug-likeness (QED) is 0.341. The fraction of sp³-hybridized carbons (Fsp3) is 0.409. The summed E-state index contributed by atoms with van der Waals surface area (Å²) in [6, 6.07) is 18.9. The van der Waals surface area contributed by atoms with Crippen LogP contribution >= 0.6 is 0 Å². The van der Waals surface area contributed by atoms with Gasteiger partial charge >= 0.3 is 0 Å². The lowest BCUT2D eigenvalue weighted by Gasteiger charge is -2.03. The first-order chi connectivity index (χ1) is 11.4. The second-order valence-electron chi connectivity index (χ2n) is 6.21. The van der Waals surface area contributed by atoms with E-state index in [2.05, 4.69) is 36.2 Å². The maximum atomic E-state index is 4.49. The van der Waals surface area contributed by atoms with Crippen molar-refractivity contribution < 1.29 is 0 Å². The number of unbranched alkanes of at least 4 members (excludes halogenated alkanes) is 6. The second-order valence-corrected chi connectivity index (χ2v) is 6.21. The number of aryl methyl sites for hydroxylation is 1. The third-order valence-electron chi connectivity index (χ3n) is 4.17. The van der Waals surface area contributed by atoms with Crippen molar-refractivity contribution in [3.05, 3.63) is 65.7 Å². The molecule has 23 heavy (non-hydrogen) atoms. The lowest BCUT2D eigenvalue weighted by molar-refractivity contribution is 0.589. The summed E-state index contributed by atoms with van der Waals surface area (Å²) in [5, 5.41) is 0. The van der Waals surface area contributed by atoms with E-state index in [9.17, 15) is 0 Å². The molecular formula is C22H29N. The van der Waals surface area contributed by atoms with Crippen LogP contribution in [0.4, 0.5) is 5.69 Å². The zero-order valence-corrected chi connectivity index (χ0v) is 14.4. The van der Waals surface area contributed by atoms with Crippen LogP contribution in [0.25, 0.3) is 0 Å². The van der Waals surface area contributed by atoms with Gasteiger partial charge in [0.15, 0.2) is 0 Å². The van der Waals surface area contributed by atoms with Crippen LogP contribution in [0.5, 0.6) is 0 Å². The summed E-state index contributed by atoms with van der Waals surface area (Å²) in [6.07, 6.45) is 12.7. The molecule has 0 unspecified atom stereocenters. The van der Waals surface area contributed by atoms with E-state index in [1.807, 2.05) is 36.5 Å². The van der Waals surface area contributed by atoms with E-state index in [1.165, 1.54) is 56.9 Å². The van der Waals surface area contributed by atoms with Crippen LogP contribution in [-0.2, 0) is 6.42 Å². The van der Waals surface area contributed by atoms with Crippen LogP contribution in [0.15, 0.2) is 59.6 Å². The van der Waals surface area contributed by atoms with Gasteiger partial charge in [0.2, 0.25) is 0 Å². The van der Waals surface area contributed by atoms with Crippen LogP contribution in [-0.4, -0.2) is 6.21 Å². The summed E-state index contributed by atoms with van der Waals surface area (Å²) in [5.74, 6) is 0. The molecule has 0 saturated heterocycles. The molecule has 122 valence electrons. The summed E-state index contributed by atoms with van der Waals surface area (Å²) < 4.78 is 0. The summed E-state index contributed by atoms with van der Waals surface area (Å²) in [4.78, 5) is 4.49. The molecule has 0 bridgehead atoms. The van der Waals surface area contributed by atoms with E-state index in [1.54, 1.807) is 0 Å². The topological polar surface area (TPSA) is 12.4 Å². The van der Waals surface area contributed by atoms with Gasteiger partial charge in [-0.2, -0.15) is 0 Å². The molecule has 0 saturated carbocycles. The van der Waals surface area contributed by atoms with Gasteiger partial charge in [-0.25, -0.2) is 0 Å². The summed E-state index contributed by atoms with van der Waals surface area (Å²) >= 11 is 0. The first kappa shape index (κ1) is 17.5. The lowest BCUT2D eigenvalue weighted by Crippen LogP contribution is -1.88. The van der Waals surface area contributed by atoms with Gasteiger partial charge < -0.3 is 0 Å². The Kier molecular flexibility index (Phi) is 8.18. The van der Waals surface area contributed by atoms with Gasteiger partial charge in [0.25, 0.3) is 0 Å². The van der Waals surface area contributed by atoms with Crippen molar-refractivity contribution in [2.24, 2.45) is 4.99 Å². The van der Waals surface area contributed by atoms with Gasteiger partial charge in [0, 0.05) is 6.21 Å². The minimum absolute atomic E-state index is 1.000. The third kappa shape index (κ3) is 7.27. The molecule has 0 spiro atoms. The average Bonchev–Trinajstić information content (AvgIpc) is 2.61. The zero-order valence-electron chi connectivity index (χ0n) is 14.4. The number of nitrogens with zero attached hydrogens (tertiary/aromatic N) is 1. The Balaban J connectivity index is 1.69. The highest BCUT2D eigenvalue weighted by Gasteiger charge is 1.95. The minimum atomic E-state index is 1.000. The van der Waals surface area contributed by atoms with E-state index in [4.69, 9.17) is 0 Å². The van der Waals surface area contributed by atoms with Gasteiger partial charge in [-0.15, -0.1) is 0 Å². The monoisotopic (exact) mass is 307 g/mol. The molecular weight excluding hydrogens is 278 g/mol. The Hall–Kier alpha value is -1.89. The molecule has 0 aromatic heterocycles. The Bertz CT molecular complexity index is 554. The van der Waals surface area contributed by atoms with Crippen molar-refractivity contribution in [2.75, 3.05) is 0 Å². The number of hydrogen-bond acceptors (Lipinski definition) is 1. The number of rotatable bonds is 10. The van der Waals surface area contributed by atoms with Crippen LogP contribution in [0.2, 0.25) is 0 Å². The normalized spacial score (nSPS) is 11.2. The Morgan fingerprint density at radius 2 is 1.39 bits per heavy atom. The van der Waals surface area contributed by atoms with E-state index in [-0.39, 0.29) is 0 Å². The molecule has 2 rings (SSSR count). The van der Waals surface area contributed by atoms with Crippen LogP contribution in [0.1, 0.15) is 63.0 Å². The molecule has 2 aromatic rings. The van der Waals surface area contributed by atoms with E-state index >= 15 is 0 Å². The van der Waals surface area contributed by atoms with Gasteiger partial charge in [0.05, 0.1) is 5.69 Å². The molecule has 1 nitrogen and oxygen atoms in total. The standard InChI is InChI=1S/C22H29N/c1-2-3-4-5-6-7-9-12-20-15-17-21(18-16-20)19-23-22-13-10-8-11-14-22/h8,10-11,13-19H,2-7,9,12H2,1H3. The molecule has 0 aliphatic heterocycles. The van der Waals surface area contributed by atoms with Gasteiger partial charge in [-0.3, -0.25) is 4.99 Å². The molecule has 0 amide bonds. The van der Waals surface area contributed by atoms with Crippen molar-refractivity contribution in [3.8, 4) is 0 Å². The number of hydrogen-bond donors (Lipinski definition) is 0. The largest absolute Gasteiger partial charge is 0.256 e. The highest BCUT2D eigenvalue weighted by atomic mass is 14.7. The van der Waals surface area contributed by atoms with Gasteiger partial charge in [-0.1, -0.05) is 87.9 Å². The first-order valence-electron chi connectivity index (χ1n) is 9.06. The van der Waals surface area contributed by atoms with Crippen LogP contribution in [0, 0.1) is 0 Å². The molecule has 0 aliphatic rings. The maximum Gasteiger partial charge on any atom is 0.0629 e.